The van der Waals surface area contributed by atoms with Crippen LogP contribution in [0.3, 0.4) is 0 Å². The van der Waals surface area contributed by atoms with Crippen LogP contribution in [0.2, 0.25) is 5.02 Å². The lowest BCUT2D eigenvalue weighted by Crippen LogP contribution is -2.47. The number of nitrogens with zero attached hydrogens (tertiary/aromatic N) is 2. The van der Waals surface area contributed by atoms with E-state index in [9.17, 15) is 4.79 Å². The van der Waals surface area contributed by atoms with Crippen LogP contribution in [0.25, 0.3) is 0 Å². The highest BCUT2D eigenvalue weighted by atomic mass is 35.5. The Morgan fingerprint density at radius 3 is 2.45 bits per heavy atom. The van der Waals surface area contributed by atoms with Gasteiger partial charge in [-0.1, -0.05) is 11.6 Å². The Balaban J connectivity index is 1.80. The third-order valence-electron chi connectivity index (χ3n) is 3.50. The molecule has 0 aromatic heterocycles. The van der Waals surface area contributed by atoms with E-state index in [0.717, 1.165) is 32.7 Å². The monoisotopic (exact) mass is 296 g/mol. The van der Waals surface area contributed by atoms with Crippen LogP contribution in [-0.2, 0) is 4.74 Å². The van der Waals surface area contributed by atoms with Gasteiger partial charge in [0, 0.05) is 37.7 Å². The molecule has 110 valence electrons. The molecule has 1 aromatic carbocycles. The first-order valence-corrected chi connectivity index (χ1v) is 7.30. The molecule has 20 heavy (non-hydrogen) atoms. The van der Waals surface area contributed by atoms with E-state index in [2.05, 4.69) is 16.8 Å². The second kappa shape index (κ2) is 7.07. The van der Waals surface area contributed by atoms with Gasteiger partial charge in [-0.3, -0.25) is 4.90 Å². The Kier molecular flexibility index (Phi) is 5.40. The summed E-state index contributed by atoms with van der Waals surface area (Å²) in [5.74, 6) is -0.289. The van der Waals surface area contributed by atoms with Crippen molar-refractivity contribution >= 4 is 17.6 Å². The average Bonchev–Trinajstić information content (AvgIpc) is 2.42. The molecule has 1 atom stereocenters. The highest BCUT2D eigenvalue weighted by Crippen LogP contribution is 2.11. The molecule has 0 spiro atoms. The van der Waals surface area contributed by atoms with E-state index < -0.39 is 0 Å². The van der Waals surface area contributed by atoms with Crippen molar-refractivity contribution in [2.75, 3.05) is 39.8 Å². The molecule has 1 aliphatic heterocycles. The van der Waals surface area contributed by atoms with Gasteiger partial charge < -0.3 is 9.64 Å². The van der Waals surface area contributed by atoms with Crippen molar-refractivity contribution in [1.29, 1.82) is 0 Å². The molecule has 0 saturated carbocycles. The van der Waals surface area contributed by atoms with Crippen molar-refractivity contribution in [3.8, 4) is 0 Å². The summed E-state index contributed by atoms with van der Waals surface area (Å²) in [5, 5.41) is 0.618. The fourth-order valence-electron chi connectivity index (χ4n) is 2.27. The van der Waals surface area contributed by atoms with Crippen LogP contribution >= 0.6 is 11.6 Å². The Morgan fingerprint density at radius 2 is 1.85 bits per heavy atom. The van der Waals surface area contributed by atoms with Gasteiger partial charge in [-0.2, -0.15) is 0 Å². The second-order valence-electron chi connectivity index (χ2n) is 5.33. The van der Waals surface area contributed by atoms with Gasteiger partial charge in [0.15, 0.2) is 0 Å². The maximum Gasteiger partial charge on any atom is 0.338 e. The predicted octanol–water partition coefficient (Wildman–Crippen LogP) is 2.13. The van der Waals surface area contributed by atoms with Gasteiger partial charge in [0.2, 0.25) is 0 Å². The lowest BCUT2D eigenvalue weighted by Gasteiger charge is -2.33. The lowest BCUT2D eigenvalue weighted by atomic mass is 10.2. The minimum absolute atomic E-state index is 0.110. The number of esters is 1. The summed E-state index contributed by atoms with van der Waals surface area (Å²) in [6, 6.07) is 6.77. The molecule has 1 heterocycles. The third-order valence-corrected chi connectivity index (χ3v) is 3.75. The number of benzene rings is 1. The predicted molar refractivity (Wildman–Crippen MR) is 80.3 cm³/mol. The van der Waals surface area contributed by atoms with Crippen molar-refractivity contribution < 1.29 is 9.53 Å². The van der Waals surface area contributed by atoms with Crippen LogP contribution in [0.4, 0.5) is 0 Å². The van der Waals surface area contributed by atoms with Gasteiger partial charge in [-0.15, -0.1) is 0 Å². The molecule has 1 unspecified atom stereocenters. The second-order valence-corrected chi connectivity index (χ2v) is 5.76. The Hall–Kier alpha value is -1.10. The molecule has 0 aliphatic carbocycles. The number of hydrogen-bond donors (Lipinski definition) is 0. The average molecular weight is 297 g/mol. The minimum atomic E-state index is -0.289. The zero-order valence-electron chi connectivity index (χ0n) is 12.0. The molecule has 4 nitrogen and oxygen atoms in total. The molecule has 5 heteroatoms. The summed E-state index contributed by atoms with van der Waals surface area (Å²) >= 11 is 5.80. The van der Waals surface area contributed by atoms with Gasteiger partial charge >= 0.3 is 5.97 Å². The van der Waals surface area contributed by atoms with Crippen LogP contribution in [0, 0.1) is 0 Å². The van der Waals surface area contributed by atoms with E-state index in [0.29, 0.717) is 10.6 Å². The summed E-state index contributed by atoms with van der Waals surface area (Å²) < 4.78 is 5.47. The van der Waals surface area contributed by atoms with Gasteiger partial charge in [-0.25, -0.2) is 4.79 Å². The van der Waals surface area contributed by atoms with Crippen molar-refractivity contribution in [2.24, 2.45) is 0 Å². The summed E-state index contributed by atoms with van der Waals surface area (Å²) in [6.45, 7) is 6.91. The summed E-state index contributed by atoms with van der Waals surface area (Å²) in [5.41, 5.74) is 0.541. The van der Waals surface area contributed by atoms with E-state index >= 15 is 0 Å². The van der Waals surface area contributed by atoms with E-state index in [1.54, 1.807) is 24.3 Å². The molecular formula is C15H21ClN2O2. The molecular weight excluding hydrogens is 276 g/mol. The maximum absolute atomic E-state index is 12.0. The standard InChI is InChI=1S/C15H21ClN2O2/c1-12(11-18-9-7-17(2)8-10-18)20-15(19)13-3-5-14(16)6-4-13/h3-6,12H,7-11H2,1-2H3. The molecule has 0 amide bonds. The summed E-state index contributed by atoms with van der Waals surface area (Å²) in [6.07, 6.45) is -0.110. The van der Waals surface area contributed by atoms with Gasteiger partial charge in [-0.05, 0) is 38.2 Å². The molecule has 1 aliphatic rings. The Labute approximate surface area is 125 Å². The normalized spacial score (nSPS) is 18.8. The van der Waals surface area contributed by atoms with Gasteiger partial charge in [0.25, 0.3) is 0 Å². The van der Waals surface area contributed by atoms with Crippen LogP contribution in [0.5, 0.6) is 0 Å². The molecule has 0 bridgehead atoms. The number of carbonyl (C=O) groups is 1. The third kappa shape index (κ3) is 4.47. The Morgan fingerprint density at radius 1 is 1.25 bits per heavy atom. The van der Waals surface area contributed by atoms with Crippen LogP contribution < -0.4 is 0 Å². The largest absolute Gasteiger partial charge is 0.458 e. The fraction of sp³-hybridized carbons (Fsp3) is 0.533. The summed E-state index contributed by atoms with van der Waals surface area (Å²) in [7, 11) is 2.13. The molecule has 1 fully saturated rings. The number of carbonyl (C=O) groups excluding carboxylic acids is 1. The lowest BCUT2D eigenvalue weighted by molar-refractivity contribution is 0.0207. The zero-order chi connectivity index (χ0) is 14.5. The zero-order valence-corrected chi connectivity index (χ0v) is 12.8. The topological polar surface area (TPSA) is 32.8 Å². The van der Waals surface area contributed by atoms with Crippen molar-refractivity contribution in [3.63, 3.8) is 0 Å². The molecule has 0 radical (unpaired) electrons. The number of halogens is 1. The quantitative estimate of drug-likeness (QED) is 0.797. The number of hydrogen-bond acceptors (Lipinski definition) is 4. The first kappa shape index (κ1) is 15.3. The smallest absolute Gasteiger partial charge is 0.338 e. The summed E-state index contributed by atoms with van der Waals surface area (Å²) in [4.78, 5) is 16.6. The highest BCUT2D eigenvalue weighted by Gasteiger charge is 2.18. The fourth-order valence-corrected chi connectivity index (χ4v) is 2.39. The van der Waals surface area contributed by atoms with Gasteiger partial charge in [0.1, 0.15) is 6.10 Å². The van der Waals surface area contributed by atoms with E-state index in [1.165, 1.54) is 0 Å². The molecule has 1 saturated heterocycles. The minimum Gasteiger partial charge on any atom is -0.458 e. The first-order valence-electron chi connectivity index (χ1n) is 6.92. The van der Waals surface area contributed by atoms with Gasteiger partial charge in [0.05, 0.1) is 5.56 Å². The van der Waals surface area contributed by atoms with Crippen LogP contribution in [-0.4, -0.2) is 61.6 Å². The van der Waals surface area contributed by atoms with Crippen molar-refractivity contribution in [1.82, 2.24) is 9.80 Å². The number of piperazine rings is 1. The van der Waals surface area contributed by atoms with Crippen LogP contribution in [0.15, 0.2) is 24.3 Å². The van der Waals surface area contributed by atoms with E-state index in [1.807, 2.05) is 6.92 Å². The number of likely N-dealkylation sites (N-methyl/N-ethyl adjacent to an activating group) is 1. The van der Waals surface area contributed by atoms with E-state index in [4.69, 9.17) is 16.3 Å². The SMILES string of the molecule is CC(CN1CCN(C)CC1)OC(=O)c1ccc(Cl)cc1. The van der Waals surface area contributed by atoms with Crippen molar-refractivity contribution in [2.45, 2.75) is 13.0 Å². The first-order chi connectivity index (χ1) is 9.54. The number of rotatable bonds is 4. The van der Waals surface area contributed by atoms with Crippen molar-refractivity contribution in [3.05, 3.63) is 34.9 Å². The maximum atomic E-state index is 12.0. The molecule has 0 N–H and O–H groups in total. The molecule has 2 rings (SSSR count). The van der Waals surface area contributed by atoms with Crippen LogP contribution in [0.1, 0.15) is 17.3 Å². The van der Waals surface area contributed by atoms with E-state index in [-0.39, 0.29) is 12.1 Å². The highest BCUT2D eigenvalue weighted by molar-refractivity contribution is 6.30. The number of ether oxygens (including phenoxy) is 1. The molecule has 1 aromatic rings. The Bertz CT molecular complexity index is 442.